The lowest BCUT2D eigenvalue weighted by Gasteiger charge is -2.34. The van der Waals surface area contributed by atoms with E-state index in [1.165, 1.54) is 31.2 Å². The van der Waals surface area contributed by atoms with E-state index < -0.39 is 0 Å². The Bertz CT molecular complexity index is 3450. The fraction of sp³-hybridized carbons (Fsp3) is 0.143. The fourth-order valence-electron chi connectivity index (χ4n) is 11.4. The molecule has 2 aromatic heterocycles. The summed E-state index contributed by atoms with van der Waals surface area (Å²) in [7, 11) is 0. The van der Waals surface area contributed by atoms with Crippen molar-refractivity contribution in [2.75, 3.05) is 0 Å². The smallest absolute Gasteiger partial charge is 0.164 e. The summed E-state index contributed by atoms with van der Waals surface area (Å²) in [5.41, 5.74) is 14.3. The molecule has 330 valence electrons. The van der Waals surface area contributed by atoms with Crippen LogP contribution in [0.3, 0.4) is 0 Å². The lowest BCUT2D eigenvalue weighted by Crippen LogP contribution is -2.27. The summed E-state index contributed by atoms with van der Waals surface area (Å²) in [4.78, 5) is 31.1. The Kier molecular flexibility index (Phi) is 9.82. The van der Waals surface area contributed by atoms with Gasteiger partial charge in [-0.2, -0.15) is 0 Å². The molecule has 3 fully saturated rings. The molecular weight excluding hydrogens is 841 g/mol. The Balaban J connectivity index is 0.986. The van der Waals surface area contributed by atoms with Crippen LogP contribution in [0.1, 0.15) is 38.2 Å². The van der Waals surface area contributed by atoms with Crippen molar-refractivity contribution in [3.05, 3.63) is 218 Å². The molecule has 0 bridgehead atoms. The van der Waals surface area contributed by atoms with Gasteiger partial charge in [0, 0.05) is 33.4 Å². The minimum Gasteiger partial charge on any atom is -0.208 e. The summed E-state index contributed by atoms with van der Waals surface area (Å²) in [5, 5.41) is 0. The lowest BCUT2D eigenvalue weighted by atomic mass is 9.71. The van der Waals surface area contributed by atoms with Crippen molar-refractivity contribution in [2.24, 2.45) is 17.3 Å². The van der Waals surface area contributed by atoms with Crippen LogP contribution in [-0.2, 0) is 5.41 Å². The molecule has 4 atom stereocenters. The van der Waals surface area contributed by atoms with Gasteiger partial charge in [-0.3, -0.25) is 0 Å². The van der Waals surface area contributed by atoms with Crippen molar-refractivity contribution in [2.45, 2.75) is 38.0 Å². The molecule has 3 aliphatic carbocycles. The summed E-state index contributed by atoms with van der Waals surface area (Å²) in [6.07, 6.45) is 5.45. The molecule has 69 heavy (non-hydrogen) atoms. The van der Waals surface area contributed by atoms with Crippen LogP contribution in [0.15, 0.2) is 212 Å². The Hall–Kier alpha value is -8.22. The van der Waals surface area contributed by atoms with E-state index in [-0.39, 0.29) is 5.41 Å². The van der Waals surface area contributed by atoms with Crippen molar-refractivity contribution >= 4 is 0 Å². The number of benzene rings is 8. The second kappa shape index (κ2) is 16.5. The van der Waals surface area contributed by atoms with Gasteiger partial charge in [0.1, 0.15) is 0 Å². The van der Waals surface area contributed by atoms with E-state index in [4.69, 9.17) is 29.9 Å². The first-order valence-corrected chi connectivity index (χ1v) is 24.2. The third-order valence-electron chi connectivity index (χ3n) is 15.2. The zero-order valence-corrected chi connectivity index (χ0v) is 38.4. The molecule has 0 amide bonds. The predicted molar refractivity (Wildman–Crippen MR) is 277 cm³/mol. The van der Waals surface area contributed by atoms with Crippen molar-refractivity contribution < 1.29 is 0 Å². The molecule has 6 heteroatoms. The SMILES string of the molecule is CC1(c2ccc(-c3cc(-c4nc(-c5ccccc5)nc(-c5ccccc5)n4)ccc3-c3ccccc3-c3nc(-c4ccccc4)nc(-c4ccccc4-c4ccccc4)n3)cc2)C[C@@H]2CC23C[C@@H]3C1. The monoisotopic (exact) mass is 888 g/mol. The molecule has 10 aromatic rings. The van der Waals surface area contributed by atoms with Crippen LogP contribution in [0.4, 0.5) is 0 Å². The van der Waals surface area contributed by atoms with Crippen molar-refractivity contribution in [3.63, 3.8) is 0 Å². The van der Waals surface area contributed by atoms with Gasteiger partial charge < -0.3 is 0 Å². The molecule has 0 aliphatic heterocycles. The molecule has 3 saturated carbocycles. The van der Waals surface area contributed by atoms with Gasteiger partial charge in [-0.05, 0) is 93.4 Å². The number of aromatic nitrogens is 6. The summed E-state index contributed by atoms with van der Waals surface area (Å²) < 4.78 is 0. The lowest BCUT2D eigenvalue weighted by molar-refractivity contribution is 0.298. The van der Waals surface area contributed by atoms with Gasteiger partial charge >= 0.3 is 0 Å². The first kappa shape index (κ1) is 41.0. The van der Waals surface area contributed by atoms with E-state index in [1.54, 1.807) is 0 Å². The molecule has 6 nitrogen and oxygen atoms in total. The molecule has 0 saturated heterocycles. The van der Waals surface area contributed by atoms with E-state index in [0.717, 1.165) is 78.6 Å². The normalized spacial score (nSPS) is 19.8. The topological polar surface area (TPSA) is 77.3 Å². The molecule has 13 rings (SSSR count). The maximum Gasteiger partial charge on any atom is 0.164 e. The van der Waals surface area contributed by atoms with E-state index in [1.807, 2.05) is 60.7 Å². The Morgan fingerprint density at radius 2 is 0.638 bits per heavy atom. The van der Waals surface area contributed by atoms with Gasteiger partial charge in [0.05, 0.1) is 0 Å². The van der Waals surface area contributed by atoms with E-state index >= 15 is 0 Å². The van der Waals surface area contributed by atoms with Gasteiger partial charge in [-0.15, -0.1) is 0 Å². The predicted octanol–water partition coefficient (Wildman–Crippen LogP) is 15.1. The Morgan fingerprint density at radius 3 is 1.14 bits per heavy atom. The average Bonchev–Trinajstić information content (AvgIpc) is 4.34. The van der Waals surface area contributed by atoms with Crippen LogP contribution in [-0.4, -0.2) is 29.9 Å². The highest BCUT2D eigenvalue weighted by Gasteiger charge is 2.73. The van der Waals surface area contributed by atoms with Gasteiger partial charge in [0.2, 0.25) is 0 Å². The first-order valence-electron chi connectivity index (χ1n) is 24.2. The highest BCUT2D eigenvalue weighted by atomic mass is 15.0. The summed E-state index contributed by atoms with van der Waals surface area (Å²) >= 11 is 0. The van der Waals surface area contributed by atoms with Crippen LogP contribution in [0.2, 0.25) is 0 Å². The second-order valence-corrected chi connectivity index (χ2v) is 19.5. The van der Waals surface area contributed by atoms with Gasteiger partial charge in [-0.1, -0.05) is 213 Å². The standard InChI is InChI=1S/C63H48N6/c1-62(37-48-39-63(48)40-49(63)38-62)47-33-30-42(31-34-47)55-36-46(59-65-56(43-20-8-3-9-21-43)64-57(66-59)44-22-10-4-11-23-44)32-35-52(55)51-27-15-17-29-54(51)61-68-58(45-24-12-5-13-25-45)67-60(69-61)53-28-16-14-26-50(53)41-18-6-2-7-19-41/h2-36,48-49H,37-40H2,1H3/t48-,49+,62?,63?. The van der Waals surface area contributed by atoms with Crippen LogP contribution >= 0.6 is 0 Å². The van der Waals surface area contributed by atoms with E-state index in [9.17, 15) is 0 Å². The summed E-state index contributed by atoms with van der Waals surface area (Å²) in [6.45, 7) is 2.51. The minimum absolute atomic E-state index is 0.195. The van der Waals surface area contributed by atoms with Gasteiger partial charge in [0.25, 0.3) is 0 Å². The highest BCUT2D eigenvalue weighted by Crippen LogP contribution is 2.81. The third-order valence-corrected chi connectivity index (χ3v) is 15.2. The average molecular weight is 889 g/mol. The van der Waals surface area contributed by atoms with Crippen LogP contribution in [0, 0.1) is 17.3 Å². The molecule has 0 radical (unpaired) electrons. The third kappa shape index (κ3) is 7.53. The quantitative estimate of drug-likeness (QED) is 0.136. The maximum absolute atomic E-state index is 5.36. The number of nitrogens with zero attached hydrogens (tertiary/aromatic N) is 6. The Morgan fingerprint density at radius 1 is 0.290 bits per heavy atom. The maximum atomic E-state index is 5.36. The van der Waals surface area contributed by atoms with E-state index in [0.29, 0.717) is 40.4 Å². The van der Waals surface area contributed by atoms with Crippen LogP contribution in [0.5, 0.6) is 0 Å². The number of hydrogen-bond donors (Lipinski definition) is 0. The molecular formula is C63H48N6. The van der Waals surface area contributed by atoms with Gasteiger partial charge in [-0.25, -0.2) is 29.9 Å². The molecule has 3 aliphatic rings. The van der Waals surface area contributed by atoms with Crippen molar-refractivity contribution in [1.29, 1.82) is 0 Å². The van der Waals surface area contributed by atoms with E-state index in [2.05, 4.69) is 159 Å². The molecule has 2 heterocycles. The molecule has 2 unspecified atom stereocenters. The Labute approximate surface area is 403 Å². The van der Waals surface area contributed by atoms with Crippen molar-refractivity contribution in [1.82, 2.24) is 29.9 Å². The number of rotatable bonds is 10. The first-order chi connectivity index (χ1) is 34.0. The zero-order chi connectivity index (χ0) is 45.9. The zero-order valence-electron chi connectivity index (χ0n) is 38.4. The number of hydrogen-bond acceptors (Lipinski definition) is 6. The highest BCUT2D eigenvalue weighted by molar-refractivity contribution is 5.93. The largest absolute Gasteiger partial charge is 0.208 e. The van der Waals surface area contributed by atoms with Crippen LogP contribution in [0.25, 0.3) is 102 Å². The minimum atomic E-state index is 0.195. The van der Waals surface area contributed by atoms with Crippen LogP contribution < -0.4 is 0 Å². The molecule has 8 aromatic carbocycles. The summed E-state index contributed by atoms with van der Waals surface area (Å²) in [6, 6.07) is 73.9. The summed E-state index contributed by atoms with van der Waals surface area (Å²) in [5.74, 6) is 5.49. The van der Waals surface area contributed by atoms with Crippen molar-refractivity contribution in [3.8, 4) is 102 Å². The van der Waals surface area contributed by atoms with Gasteiger partial charge in [0.15, 0.2) is 34.9 Å². The fourth-order valence-corrected chi connectivity index (χ4v) is 11.4. The second-order valence-electron chi connectivity index (χ2n) is 19.5. The molecule has 0 N–H and O–H groups in total. The molecule has 1 spiro atoms.